The third-order valence-corrected chi connectivity index (χ3v) is 2.51. The van der Waals surface area contributed by atoms with Crippen molar-refractivity contribution in [1.29, 1.82) is 0 Å². The van der Waals surface area contributed by atoms with Crippen LogP contribution in [0.5, 0.6) is 5.75 Å². The molecule has 0 radical (unpaired) electrons. The first kappa shape index (κ1) is 10.5. The van der Waals surface area contributed by atoms with Gasteiger partial charge in [-0.1, -0.05) is 12.1 Å². The number of hydrogen-bond acceptors (Lipinski definition) is 3. The number of hydrogen-bond donors (Lipinski definition) is 1. The van der Waals surface area contributed by atoms with Crippen LogP contribution in [-0.2, 0) is 13.5 Å². The Morgan fingerprint density at radius 2 is 2.00 bits per heavy atom. The number of nitrogen functional groups attached to an aromatic ring is 1. The molecule has 4 nitrogen and oxygen atoms in total. The second kappa shape index (κ2) is 4.26. The van der Waals surface area contributed by atoms with Crippen molar-refractivity contribution in [3.8, 4) is 5.75 Å². The van der Waals surface area contributed by atoms with E-state index in [4.69, 9.17) is 10.5 Å². The van der Waals surface area contributed by atoms with Gasteiger partial charge in [0.05, 0.1) is 12.8 Å². The Balaban J connectivity index is 2.14. The van der Waals surface area contributed by atoms with Crippen LogP contribution < -0.4 is 10.5 Å². The summed E-state index contributed by atoms with van der Waals surface area (Å²) < 4.78 is 6.78. The molecule has 4 heteroatoms. The zero-order chi connectivity index (χ0) is 11.5. The van der Waals surface area contributed by atoms with Gasteiger partial charge < -0.3 is 10.5 Å². The number of anilines is 1. The number of aryl methyl sites for hydroxylation is 1. The lowest BCUT2D eigenvalue weighted by atomic mass is 10.1. The predicted molar refractivity (Wildman–Crippen MR) is 63.4 cm³/mol. The van der Waals surface area contributed by atoms with Crippen molar-refractivity contribution in [2.75, 3.05) is 12.8 Å². The van der Waals surface area contributed by atoms with E-state index >= 15 is 0 Å². The Bertz CT molecular complexity index is 454. The molecule has 0 spiro atoms. The third kappa shape index (κ3) is 2.16. The van der Waals surface area contributed by atoms with Crippen molar-refractivity contribution in [3.63, 3.8) is 0 Å². The van der Waals surface area contributed by atoms with Crippen LogP contribution in [-0.4, -0.2) is 16.9 Å². The average molecular weight is 217 g/mol. The molecule has 0 aliphatic carbocycles. The van der Waals surface area contributed by atoms with E-state index in [1.54, 1.807) is 11.8 Å². The molecule has 1 aromatic carbocycles. The molecule has 2 aromatic rings. The second-order valence-electron chi connectivity index (χ2n) is 3.71. The van der Waals surface area contributed by atoms with Crippen molar-refractivity contribution in [3.05, 3.63) is 41.6 Å². The largest absolute Gasteiger partial charge is 0.497 e. The molecule has 16 heavy (non-hydrogen) atoms. The third-order valence-electron chi connectivity index (χ3n) is 2.51. The van der Waals surface area contributed by atoms with Gasteiger partial charge in [-0.15, -0.1) is 0 Å². The van der Waals surface area contributed by atoms with Crippen LogP contribution in [0.3, 0.4) is 0 Å². The van der Waals surface area contributed by atoms with Crippen LogP contribution in [0.25, 0.3) is 0 Å². The number of benzene rings is 1. The Morgan fingerprint density at radius 3 is 2.50 bits per heavy atom. The fourth-order valence-electron chi connectivity index (χ4n) is 1.58. The highest BCUT2D eigenvalue weighted by molar-refractivity contribution is 5.34. The normalized spacial score (nSPS) is 10.4. The van der Waals surface area contributed by atoms with E-state index in [1.807, 2.05) is 37.4 Å². The summed E-state index contributed by atoms with van der Waals surface area (Å²) >= 11 is 0. The summed E-state index contributed by atoms with van der Waals surface area (Å²) in [5, 5.41) is 4.31. The molecule has 0 aliphatic rings. The molecule has 2 rings (SSSR count). The van der Waals surface area contributed by atoms with Gasteiger partial charge in [0.15, 0.2) is 0 Å². The molecule has 1 aromatic heterocycles. The minimum atomic E-state index is 0.684. The standard InChI is InChI=1S/C12H15N3O/c1-15-12(13)8-10(14-15)7-9-3-5-11(16-2)6-4-9/h3-6,8H,7,13H2,1-2H3. The maximum absolute atomic E-state index is 5.72. The number of nitrogens with zero attached hydrogens (tertiary/aromatic N) is 2. The summed E-state index contributed by atoms with van der Waals surface area (Å²) in [6.45, 7) is 0. The molecule has 0 fully saturated rings. The zero-order valence-corrected chi connectivity index (χ0v) is 9.47. The summed E-state index contributed by atoms with van der Waals surface area (Å²) in [5.41, 5.74) is 7.89. The van der Waals surface area contributed by atoms with Gasteiger partial charge in [-0.2, -0.15) is 5.10 Å². The van der Waals surface area contributed by atoms with Crippen LogP contribution in [0, 0.1) is 0 Å². The fourth-order valence-corrected chi connectivity index (χ4v) is 1.58. The van der Waals surface area contributed by atoms with Crippen molar-refractivity contribution in [1.82, 2.24) is 9.78 Å². The summed E-state index contributed by atoms with van der Waals surface area (Å²) in [6, 6.07) is 9.85. The summed E-state index contributed by atoms with van der Waals surface area (Å²) in [5.74, 6) is 1.55. The van der Waals surface area contributed by atoms with E-state index in [0.717, 1.165) is 17.9 Å². The Labute approximate surface area is 94.6 Å². The SMILES string of the molecule is COc1ccc(Cc2cc(N)n(C)n2)cc1. The lowest BCUT2D eigenvalue weighted by Gasteiger charge is -2.01. The number of methoxy groups -OCH3 is 1. The predicted octanol–water partition coefficient (Wildman–Crippen LogP) is 1.60. The number of nitrogens with two attached hydrogens (primary N) is 1. The summed E-state index contributed by atoms with van der Waals surface area (Å²) in [6.07, 6.45) is 0.787. The first-order chi connectivity index (χ1) is 7.69. The highest BCUT2D eigenvalue weighted by Gasteiger charge is 2.03. The minimum absolute atomic E-state index is 0.684. The lowest BCUT2D eigenvalue weighted by molar-refractivity contribution is 0.414. The monoisotopic (exact) mass is 217 g/mol. The Morgan fingerprint density at radius 1 is 1.31 bits per heavy atom. The first-order valence-corrected chi connectivity index (χ1v) is 5.10. The smallest absolute Gasteiger partial charge is 0.121 e. The lowest BCUT2D eigenvalue weighted by Crippen LogP contribution is -1.97. The van der Waals surface area contributed by atoms with E-state index in [2.05, 4.69) is 5.10 Å². The van der Waals surface area contributed by atoms with Gasteiger partial charge in [-0.05, 0) is 17.7 Å². The van der Waals surface area contributed by atoms with Crippen LogP contribution in [0.1, 0.15) is 11.3 Å². The number of rotatable bonds is 3. The van der Waals surface area contributed by atoms with E-state index in [0.29, 0.717) is 5.82 Å². The maximum atomic E-state index is 5.72. The highest BCUT2D eigenvalue weighted by atomic mass is 16.5. The van der Waals surface area contributed by atoms with Crippen LogP contribution >= 0.6 is 0 Å². The van der Waals surface area contributed by atoms with E-state index < -0.39 is 0 Å². The zero-order valence-electron chi connectivity index (χ0n) is 9.47. The molecular weight excluding hydrogens is 202 g/mol. The van der Waals surface area contributed by atoms with Crippen molar-refractivity contribution in [2.45, 2.75) is 6.42 Å². The number of ether oxygens (including phenoxy) is 1. The van der Waals surface area contributed by atoms with E-state index in [9.17, 15) is 0 Å². The second-order valence-corrected chi connectivity index (χ2v) is 3.71. The maximum Gasteiger partial charge on any atom is 0.121 e. The fraction of sp³-hybridized carbons (Fsp3) is 0.250. The van der Waals surface area contributed by atoms with Gasteiger partial charge in [-0.3, -0.25) is 4.68 Å². The van der Waals surface area contributed by atoms with Gasteiger partial charge in [0.2, 0.25) is 0 Å². The molecule has 0 atom stereocenters. The van der Waals surface area contributed by atoms with Crippen LogP contribution in [0.4, 0.5) is 5.82 Å². The molecule has 0 bridgehead atoms. The molecule has 0 saturated carbocycles. The van der Waals surface area contributed by atoms with E-state index in [1.165, 1.54) is 5.56 Å². The number of aromatic nitrogens is 2. The van der Waals surface area contributed by atoms with Gasteiger partial charge in [0, 0.05) is 19.5 Å². The topological polar surface area (TPSA) is 53.1 Å². The van der Waals surface area contributed by atoms with Crippen molar-refractivity contribution >= 4 is 5.82 Å². The van der Waals surface area contributed by atoms with Gasteiger partial charge in [0.25, 0.3) is 0 Å². The Hall–Kier alpha value is -1.97. The van der Waals surface area contributed by atoms with Gasteiger partial charge in [0.1, 0.15) is 11.6 Å². The molecule has 0 saturated heterocycles. The highest BCUT2D eigenvalue weighted by Crippen LogP contribution is 2.15. The van der Waals surface area contributed by atoms with Crippen molar-refractivity contribution < 1.29 is 4.74 Å². The molecule has 1 heterocycles. The Kier molecular flexibility index (Phi) is 2.81. The minimum Gasteiger partial charge on any atom is -0.497 e. The molecule has 0 unspecified atom stereocenters. The molecule has 84 valence electrons. The summed E-state index contributed by atoms with van der Waals surface area (Å²) in [7, 11) is 3.50. The molecular formula is C12H15N3O. The van der Waals surface area contributed by atoms with E-state index in [-0.39, 0.29) is 0 Å². The van der Waals surface area contributed by atoms with Gasteiger partial charge in [-0.25, -0.2) is 0 Å². The first-order valence-electron chi connectivity index (χ1n) is 5.10. The average Bonchev–Trinajstić information content (AvgIpc) is 2.59. The molecule has 0 amide bonds. The summed E-state index contributed by atoms with van der Waals surface area (Å²) in [4.78, 5) is 0. The van der Waals surface area contributed by atoms with Crippen LogP contribution in [0.15, 0.2) is 30.3 Å². The van der Waals surface area contributed by atoms with Crippen LogP contribution in [0.2, 0.25) is 0 Å². The molecule has 2 N–H and O–H groups in total. The quantitative estimate of drug-likeness (QED) is 0.849. The van der Waals surface area contributed by atoms with Crippen molar-refractivity contribution in [2.24, 2.45) is 7.05 Å². The van der Waals surface area contributed by atoms with Gasteiger partial charge >= 0.3 is 0 Å². The molecule has 0 aliphatic heterocycles.